The average molecular weight is 385 g/mol. The number of hydrogen-bond acceptors (Lipinski definition) is 5. The van der Waals surface area contributed by atoms with Gasteiger partial charge in [-0.15, -0.1) is 0 Å². The highest BCUT2D eigenvalue weighted by Gasteiger charge is 2.39. The number of hydrogen-bond donors (Lipinski definition) is 1. The molecule has 0 bridgehead atoms. The number of benzene rings is 1. The van der Waals surface area contributed by atoms with Gasteiger partial charge < -0.3 is 24.6 Å². The number of carbonyl (C=O) groups is 2. The first-order valence-corrected chi connectivity index (χ1v) is 10.4. The summed E-state index contributed by atoms with van der Waals surface area (Å²) in [5.41, 5.74) is 0.556. The maximum absolute atomic E-state index is 13.3. The molecule has 28 heavy (non-hydrogen) atoms. The average Bonchev–Trinajstić information content (AvgIpc) is 3.45. The molecule has 1 aromatic carbocycles. The first-order chi connectivity index (χ1) is 13.7. The lowest BCUT2D eigenvalue weighted by Gasteiger charge is -2.30. The van der Waals surface area contributed by atoms with Crippen LogP contribution in [-0.2, 0) is 4.79 Å². The Morgan fingerprint density at radius 1 is 0.964 bits per heavy atom. The van der Waals surface area contributed by atoms with E-state index < -0.39 is 0 Å². The molecular formula is C21H27N3O4. The predicted octanol–water partition coefficient (Wildman–Crippen LogP) is 1.48. The third-order valence-corrected chi connectivity index (χ3v) is 6.75. The summed E-state index contributed by atoms with van der Waals surface area (Å²) in [5.74, 6) is 2.67. The van der Waals surface area contributed by atoms with E-state index in [1.807, 2.05) is 4.90 Å². The fourth-order valence-electron chi connectivity index (χ4n) is 5.11. The van der Waals surface area contributed by atoms with E-state index in [4.69, 9.17) is 9.47 Å². The van der Waals surface area contributed by atoms with Gasteiger partial charge in [-0.05, 0) is 68.8 Å². The van der Waals surface area contributed by atoms with Gasteiger partial charge in [0.15, 0.2) is 11.5 Å². The quantitative estimate of drug-likeness (QED) is 0.835. The monoisotopic (exact) mass is 385 g/mol. The molecule has 1 unspecified atom stereocenters. The summed E-state index contributed by atoms with van der Waals surface area (Å²) in [6.07, 6.45) is 3.74. The molecule has 4 aliphatic rings. The predicted molar refractivity (Wildman–Crippen MR) is 102 cm³/mol. The Bertz CT molecular complexity index is 769. The molecule has 2 amide bonds. The van der Waals surface area contributed by atoms with Gasteiger partial charge in [-0.3, -0.25) is 9.59 Å². The lowest BCUT2D eigenvalue weighted by atomic mass is 9.92. The van der Waals surface area contributed by atoms with Crippen molar-refractivity contribution in [2.24, 2.45) is 11.8 Å². The van der Waals surface area contributed by atoms with Crippen LogP contribution < -0.4 is 14.8 Å². The number of ether oxygens (including phenoxy) is 2. The highest BCUT2D eigenvalue weighted by atomic mass is 16.7. The molecule has 3 atom stereocenters. The van der Waals surface area contributed by atoms with E-state index in [1.54, 1.807) is 23.1 Å². The molecule has 4 aliphatic heterocycles. The summed E-state index contributed by atoms with van der Waals surface area (Å²) in [6, 6.07) is 4.92. The fourth-order valence-corrected chi connectivity index (χ4v) is 5.11. The van der Waals surface area contributed by atoms with Gasteiger partial charge in [0.05, 0.1) is 0 Å². The fraction of sp³-hybridized carbons (Fsp3) is 0.619. The molecule has 0 aliphatic carbocycles. The molecule has 3 fully saturated rings. The van der Waals surface area contributed by atoms with Crippen molar-refractivity contribution in [3.05, 3.63) is 23.8 Å². The van der Waals surface area contributed by atoms with Crippen molar-refractivity contribution in [1.82, 2.24) is 15.1 Å². The van der Waals surface area contributed by atoms with Gasteiger partial charge in [-0.1, -0.05) is 0 Å². The molecule has 0 radical (unpaired) electrons. The van der Waals surface area contributed by atoms with Crippen LogP contribution in [0.4, 0.5) is 0 Å². The summed E-state index contributed by atoms with van der Waals surface area (Å²) in [6.45, 7) is 4.58. The second kappa shape index (κ2) is 7.28. The number of likely N-dealkylation sites (tertiary alicyclic amines) is 2. The van der Waals surface area contributed by atoms with Crippen LogP contribution in [0.5, 0.6) is 11.5 Å². The highest BCUT2D eigenvalue weighted by Crippen LogP contribution is 2.34. The SMILES string of the molecule is O=C(C1CCCN1C(=O)c1ccc2c(c1)OCO2)N1CC[C@@H]2CNC[C@@H]2CC1. The zero-order chi connectivity index (χ0) is 19.1. The normalized spacial score (nSPS) is 28.9. The van der Waals surface area contributed by atoms with Crippen molar-refractivity contribution in [3.8, 4) is 11.5 Å². The minimum Gasteiger partial charge on any atom is -0.454 e. The van der Waals surface area contributed by atoms with Gasteiger partial charge in [0.2, 0.25) is 12.7 Å². The standard InChI is InChI=1S/C21H27N3O4/c25-20(14-3-4-18-19(10-14)28-13-27-18)24-7-1-2-17(24)21(26)23-8-5-15-11-22-12-16(15)6-9-23/h3-4,10,15-17,22H,1-2,5-9,11-13H2/t15-,16+,17?. The van der Waals surface area contributed by atoms with Crippen LogP contribution in [0, 0.1) is 11.8 Å². The summed E-state index contributed by atoms with van der Waals surface area (Å²) >= 11 is 0. The Kier molecular flexibility index (Phi) is 4.62. The van der Waals surface area contributed by atoms with Crippen molar-refractivity contribution in [2.45, 2.75) is 31.7 Å². The van der Waals surface area contributed by atoms with Crippen molar-refractivity contribution < 1.29 is 19.1 Å². The number of carbonyl (C=O) groups excluding carboxylic acids is 2. The molecule has 7 nitrogen and oxygen atoms in total. The number of nitrogens with one attached hydrogen (secondary N) is 1. The van der Waals surface area contributed by atoms with Crippen LogP contribution in [0.15, 0.2) is 18.2 Å². The summed E-state index contributed by atoms with van der Waals surface area (Å²) in [7, 11) is 0. The first kappa shape index (κ1) is 17.8. The van der Waals surface area contributed by atoms with E-state index in [9.17, 15) is 9.59 Å². The zero-order valence-corrected chi connectivity index (χ0v) is 16.1. The van der Waals surface area contributed by atoms with Gasteiger partial charge >= 0.3 is 0 Å². The third-order valence-electron chi connectivity index (χ3n) is 6.75. The topological polar surface area (TPSA) is 71.1 Å². The van der Waals surface area contributed by atoms with E-state index in [0.29, 0.717) is 35.4 Å². The number of rotatable bonds is 2. The Morgan fingerprint density at radius 3 is 2.50 bits per heavy atom. The summed E-state index contributed by atoms with van der Waals surface area (Å²) < 4.78 is 10.7. The van der Waals surface area contributed by atoms with Crippen LogP contribution in [0.3, 0.4) is 0 Å². The lowest BCUT2D eigenvalue weighted by molar-refractivity contribution is -0.135. The summed E-state index contributed by atoms with van der Waals surface area (Å²) in [5, 5.41) is 3.47. The highest BCUT2D eigenvalue weighted by molar-refractivity contribution is 5.98. The van der Waals surface area contributed by atoms with E-state index in [0.717, 1.165) is 51.9 Å². The van der Waals surface area contributed by atoms with Crippen molar-refractivity contribution >= 4 is 11.8 Å². The van der Waals surface area contributed by atoms with E-state index >= 15 is 0 Å². The Hall–Kier alpha value is -2.28. The van der Waals surface area contributed by atoms with Crippen molar-refractivity contribution in [3.63, 3.8) is 0 Å². The maximum atomic E-state index is 13.3. The van der Waals surface area contributed by atoms with Crippen LogP contribution in [0.25, 0.3) is 0 Å². The molecule has 0 aromatic heterocycles. The zero-order valence-electron chi connectivity index (χ0n) is 16.1. The van der Waals surface area contributed by atoms with E-state index in [1.165, 1.54) is 0 Å². The number of amides is 2. The van der Waals surface area contributed by atoms with Gasteiger partial charge in [0.1, 0.15) is 6.04 Å². The second-order valence-electron chi connectivity index (χ2n) is 8.31. The van der Waals surface area contributed by atoms with Crippen molar-refractivity contribution in [2.75, 3.05) is 39.5 Å². The Labute approximate surface area is 165 Å². The lowest BCUT2D eigenvalue weighted by Crippen LogP contribution is -2.48. The third kappa shape index (κ3) is 3.11. The van der Waals surface area contributed by atoms with Gasteiger partial charge in [-0.2, -0.15) is 0 Å². The van der Waals surface area contributed by atoms with E-state index in [-0.39, 0.29) is 24.6 Å². The van der Waals surface area contributed by atoms with Gasteiger partial charge in [0.25, 0.3) is 5.91 Å². The van der Waals surface area contributed by atoms with Crippen LogP contribution >= 0.6 is 0 Å². The smallest absolute Gasteiger partial charge is 0.254 e. The van der Waals surface area contributed by atoms with Crippen LogP contribution in [0.2, 0.25) is 0 Å². The van der Waals surface area contributed by atoms with E-state index in [2.05, 4.69) is 5.32 Å². The second-order valence-corrected chi connectivity index (χ2v) is 8.31. The van der Waals surface area contributed by atoms with Gasteiger partial charge in [-0.25, -0.2) is 0 Å². The molecule has 1 N–H and O–H groups in total. The van der Waals surface area contributed by atoms with Crippen molar-refractivity contribution in [1.29, 1.82) is 0 Å². The molecular weight excluding hydrogens is 358 g/mol. The van der Waals surface area contributed by atoms with Crippen LogP contribution in [0.1, 0.15) is 36.0 Å². The molecule has 3 saturated heterocycles. The summed E-state index contributed by atoms with van der Waals surface area (Å²) in [4.78, 5) is 30.2. The molecule has 150 valence electrons. The Balaban J connectivity index is 1.29. The minimum atomic E-state index is -0.339. The molecule has 0 saturated carbocycles. The molecule has 0 spiro atoms. The van der Waals surface area contributed by atoms with Gasteiger partial charge in [0, 0.05) is 25.2 Å². The molecule has 4 heterocycles. The molecule has 1 aromatic rings. The molecule has 5 rings (SSSR count). The number of fused-ring (bicyclic) bond motifs is 2. The minimum absolute atomic E-state index is 0.0926. The first-order valence-electron chi connectivity index (χ1n) is 10.4. The Morgan fingerprint density at radius 2 is 1.71 bits per heavy atom. The number of nitrogens with zero attached hydrogens (tertiary/aromatic N) is 2. The largest absolute Gasteiger partial charge is 0.454 e. The maximum Gasteiger partial charge on any atom is 0.254 e. The molecule has 7 heteroatoms. The van der Waals surface area contributed by atoms with Crippen LogP contribution in [-0.4, -0.2) is 67.2 Å².